The number of anilines is 1. The summed E-state index contributed by atoms with van der Waals surface area (Å²) in [7, 11) is 1.71. The summed E-state index contributed by atoms with van der Waals surface area (Å²) < 4.78 is 4.96. The molecule has 78 valence electrons. The fraction of sp³-hybridized carbons (Fsp3) is 0.400. The van der Waals surface area contributed by atoms with Crippen molar-refractivity contribution in [2.24, 2.45) is 0 Å². The molecule has 0 saturated heterocycles. The number of nitrogens with two attached hydrogens (primary N) is 1. The van der Waals surface area contributed by atoms with Gasteiger partial charge in [0.1, 0.15) is 0 Å². The Balaban J connectivity index is 2.42. The number of hydrogen-bond donors (Lipinski definition) is 1. The third kappa shape index (κ3) is 3.78. The van der Waals surface area contributed by atoms with Gasteiger partial charge in [-0.05, 0) is 17.7 Å². The summed E-state index contributed by atoms with van der Waals surface area (Å²) >= 11 is 7.60. The van der Waals surface area contributed by atoms with Gasteiger partial charge in [0.2, 0.25) is 0 Å². The Kier molecular flexibility index (Phi) is 5.15. The van der Waals surface area contributed by atoms with Crippen molar-refractivity contribution in [2.75, 3.05) is 25.2 Å². The van der Waals surface area contributed by atoms with Crippen LogP contribution in [0.5, 0.6) is 0 Å². The Hall–Kier alpha value is -0.380. The number of methoxy groups -OCH3 is 1. The zero-order valence-electron chi connectivity index (χ0n) is 8.13. The number of hydrogen-bond acceptors (Lipinski definition) is 3. The molecule has 0 heterocycles. The van der Waals surface area contributed by atoms with E-state index in [4.69, 9.17) is 22.1 Å². The first-order chi connectivity index (χ1) is 6.74. The Morgan fingerprint density at radius 2 is 2.29 bits per heavy atom. The highest BCUT2D eigenvalue weighted by Gasteiger charge is 1.99. The van der Waals surface area contributed by atoms with E-state index in [0.717, 1.165) is 29.4 Å². The molecule has 1 aromatic carbocycles. The molecule has 0 bridgehead atoms. The average molecular weight is 232 g/mol. The van der Waals surface area contributed by atoms with E-state index >= 15 is 0 Å². The predicted molar refractivity (Wildman–Crippen MR) is 63.9 cm³/mol. The van der Waals surface area contributed by atoms with Crippen LogP contribution in [-0.2, 0) is 10.5 Å². The molecule has 0 fully saturated rings. The summed E-state index contributed by atoms with van der Waals surface area (Å²) in [6.45, 7) is 0.776. The summed E-state index contributed by atoms with van der Waals surface area (Å²) in [5, 5.41) is 0.688. The maximum absolute atomic E-state index is 5.81. The van der Waals surface area contributed by atoms with E-state index in [1.165, 1.54) is 0 Å². The normalized spacial score (nSPS) is 10.4. The highest BCUT2D eigenvalue weighted by molar-refractivity contribution is 7.98. The topological polar surface area (TPSA) is 35.2 Å². The molecule has 0 aliphatic carbocycles. The van der Waals surface area contributed by atoms with Gasteiger partial charge in [-0.2, -0.15) is 11.8 Å². The van der Waals surface area contributed by atoms with Crippen LogP contribution in [0, 0.1) is 0 Å². The van der Waals surface area contributed by atoms with Gasteiger partial charge in [-0.15, -0.1) is 0 Å². The van der Waals surface area contributed by atoms with E-state index in [2.05, 4.69) is 0 Å². The third-order valence-corrected chi connectivity index (χ3v) is 3.00. The number of halogens is 1. The fourth-order valence-corrected chi connectivity index (χ4v) is 2.11. The second kappa shape index (κ2) is 6.17. The molecule has 0 atom stereocenters. The van der Waals surface area contributed by atoms with Crippen LogP contribution in [0.1, 0.15) is 5.56 Å². The van der Waals surface area contributed by atoms with Crippen LogP contribution >= 0.6 is 23.4 Å². The van der Waals surface area contributed by atoms with Crippen molar-refractivity contribution >= 4 is 29.1 Å². The van der Waals surface area contributed by atoms with Gasteiger partial charge in [-0.25, -0.2) is 0 Å². The van der Waals surface area contributed by atoms with E-state index in [-0.39, 0.29) is 0 Å². The van der Waals surface area contributed by atoms with E-state index in [1.807, 2.05) is 12.1 Å². The van der Waals surface area contributed by atoms with Crippen LogP contribution in [0.25, 0.3) is 0 Å². The summed E-state index contributed by atoms with van der Waals surface area (Å²) in [5.41, 5.74) is 7.71. The van der Waals surface area contributed by atoms with Crippen LogP contribution in [0.2, 0.25) is 5.02 Å². The lowest BCUT2D eigenvalue weighted by Gasteiger charge is -2.05. The molecule has 1 rings (SSSR count). The van der Waals surface area contributed by atoms with Crippen LogP contribution < -0.4 is 5.73 Å². The van der Waals surface area contributed by atoms with E-state index in [0.29, 0.717) is 5.02 Å². The van der Waals surface area contributed by atoms with Crippen molar-refractivity contribution in [3.8, 4) is 0 Å². The molecule has 0 saturated carbocycles. The zero-order valence-corrected chi connectivity index (χ0v) is 9.70. The molecule has 4 heteroatoms. The van der Waals surface area contributed by atoms with Crippen molar-refractivity contribution in [1.82, 2.24) is 0 Å². The Morgan fingerprint density at radius 1 is 1.50 bits per heavy atom. The maximum Gasteiger partial charge on any atom is 0.0553 e. The van der Waals surface area contributed by atoms with Crippen molar-refractivity contribution in [3.63, 3.8) is 0 Å². The van der Waals surface area contributed by atoms with Crippen LogP contribution in [0.15, 0.2) is 18.2 Å². The third-order valence-electron chi connectivity index (χ3n) is 1.80. The fourth-order valence-electron chi connectivity index (χ4n) is 1.02. The predicted octanol–water partition coefficient (Wildman–Crippen LogP) is 2.80. The molecule has 1 aromatic rings. The smallest absolute Gasteiger partial charge is 0.0553 e. The highest BCUT2D eigenvalue weighted by Crippen LogP contribution is 2.22. The van der Waals surface area contributed by atoms with Gasteiger partial charge >= 0.3 is 0 Å². The minimum absolute atomic E-state index is 0.688. The van der Waals surface area contributed by atoms with Gasteiger partial charge in [0.25, 0.3) is 0 Å². The molecular weight excluding hydrogens is 218 g/mol. The average Bonchev–Trinajstić information content (AvgIpc) is 2.15. The van der Waals surface area contributed by atoms with Crippen molar-refractivity contribution in [3.05, 3.63) is 28.8 Å². The highest BCUT2D eigenvalue weighted by atomic mass is 35.5. The number of thioether (sulfide) groups is 1. The SMILES string of the molecule is COCCSCc1ccc(Cl)cc1N. The lowest BCUT2D eigenvalue weighted by Crippen LogP contribution is -1.95. The molecule has 2 N–H and O–H groups in total. The molecular formula is C10H14ClNOS. The number of ether oxygens (including phenoxy) is 1. The lowest BCUT2D eigenvalue weighted by molar-refractivity contribution is 0.218. The van der Waals surface area contributed by atoms with Crippen molar-refractivity contribution in [2.45, 2.75) is 5.75 Å². The number of nitrogen functional groups attached to an aromatic ring is 1. The number of benzene rings is 1. The molecule has 2 nitrogen and oxygen atoms in total. The Bertz CT molecular complexity index is 293. The van der Waals surface area contributed by atoms with Gasteiger partial charge in [0.05, 0.1) is 6.61 Å². The first kappa shape index (κ1) is 11.7. The second-order valence-corrected chi connectivity index (χ2v) is 4.43. The zero-order chi connectivity index (χ0) is 10.4. The lowest BCUT2D eigenvalue weighted by atomic mass is 10.2. The first-order valence-corrected chi connectivity index (χ1v) is 5.88. The monoisotopic (exact) mass is 231 g/mol. The minimum atomic E-state index is 0.688. The minimum Gasteiger partial charge on any atom is -0.398 e. The summed E-state index contributed by atoms with van der Waals surface area (Å²) in [5.74, 6) is 1.89. The molecule has 0 aromatic heterocycles. The molecule has 0 spiro atoms. The standard InChI is InChI=1S/C10H14ClNOS/c1-13-4-5-14-7-8-2-3-9(11)6-10(8)12/h2-3,6H,4-5,7,12H2,1H3. The Morgan fingerprint density at radius 3 is 2.93 bits per heavy atom. The quantitative estimate of drug-likeness (QED) is 0.625. The summed E-state index contributed by atoms with van der Waals surface area (Å²) in [6.07, 6.45) is 0. The number of rotatable bonds is 5. The van der Waals surface area contributed by atoms with Crippen LogP contribution in [-0.4, -0.2) is 19.5 Å². The van der Waals surface area contributed by atoms with Gasteiger partial charge < -0.3 is 10.5 Å². The van der Waals surface area contributed by atoms with Gasteiger partial charge in [-0.3, -0.25) is 0 Å². The molecule has 0 aliphatic heterocycles. The van der Waals surface area contributed by atoms with E-state index < -0.39 is 0 Å². The summed E-state index contributed by atoms with van der Waals surface area (Å²) in [4.78, 5) is 0. The second-order valence-electron chi connectivity index (χ2n) is 2.89. The molecule has 0 radical (unpaired) electrons. The van der Waals surface area contributed by atoms with Crippen molar-refractivity contribution < 1.29 is 4.74 Å². The molecule has 14 heavy (non-hydrogen) atoms. The molecule has 0 unspecified atom stereocenters. The Labute approximate surface area is 93.8 Å². The first-order valence-electron chi connectivity index (χ1n) is 4.34. The van der Waals surface area contributed by atoms with Gasteiger partial charge in [0.15, 0.2) is 0 Å². The maximum atomic E-state index is 5.81. The van der Waals surface area contributed by atoms with Crippen molar-refractivity contribution in [1.29, 1.82) is 0 Å². The van der Waals surface area contributed by atoms with Crippen LogP contribution in [0.3, 0.4) is 0 Å². The van der Waals surface area contributed by atoms with E-state index in [9.17, 15) is 0 Å². The van der Waals surface area contributed by atoms with Gasteiger partial charge in [0, 0.05) is 29.3 Å². The van der Waals surface area contributed by atoms with Gasteiger partial charge in [-0.1, -0.05) is 17.7 Å². The molecule has 0 aliphatic rings. The summed E-state index contributed by atoms with van der Waals surface area (Å²) in [6, 6.07) is 5.62. The molecule has 0 amide bonds. The van der Waals surface area contributed by atoms with E-state index in [1.54, 1.807) is 24.9 Å². The van der Waals surface area contributed by atoms with Crippen LogP contribution in [0.4, 0.5) is 5.69 Å². The largest absolute Gasteiger partial charge is 0.398 e.